The molecular formula is C14H18FNO. The number of ether oxygens (including phenoxy) is 1. The Morgan fingerprint density at radius 2 is 1.94 bits per heavy atom. The van der Waals surface area contributed by atoms with Crippen LogP contribution in [0.3, 0.4) is 0 Å². The number of hydrogen-bond acceptors (Lipinski definition) is 2. The van der Waals surface area contributed by atoms with Gasteiger partial charge in [-0.25, -0.2) is 4.39 Å². The normalized spacial score (nSPS) is 33.6. The molecule has 0 radical (unpaired) electrons. The lowest BCUT2D eigenvalue weighted by molar-refractivity contribution is 0.0543. The molecule has 2 N–H and O–H groups in total. The van der Waals surface area contributed by atoms with Crippen LogP contribution in [-0.4, -0.2) is 18.8 Å². The van der Waals surface area contributed by atoms with Gasteiger partial charge in [-0.1, -0.05) is 18.2 Å². The molecule has 2 atom stereocenters. The van der Waals surface area contributed by atoms with Gasteiger partial charge in [-0.3, -0.25) is 0 Å². The molecule has 0 spiro atoms. The molecule has 3 rings (SSSR count). The van der Waals surface area contributed by atoms with Gasteiger partial charge in [0.15, 0.2) is 0 Å². The summed E-state index contributed by atoms with van der Waals surface area (Å²) in [7, 11) is 0. The average Bonchev–Trinajstić information content (AvgIpc) is 3.05. The molecule has 1 saturated heterocycles. The quantitative estimate of drug-likeness (QED) is 0.854. The molecule has 1 aliphatic carbocycles. The van der Waals surface area contributed by atoms with Crippen LogP contribution in [0.5, 0.6) is 0 Å². The summed E-state index contributed by atoms with van der Waals surface area (Å²) >= 11 is 0. The first kappa shape index (κ1) is 11.2. The summed E-state index contributed by atoms with van der Waals surface area (Å²) in [4.78, 5) is 0. The van der Waals surface area contributed by atoms with Crippen LogP contribution in [0.15, 0.2) is 24.3 Å². The smallest absolute Gasteiger partial charge is 0.126 e. The third kappa shape index (κ3) is 1.87. The van der Waals surface area contributed by atoms with E-state index in [4.69, 9.17) is 10.5 Å². The maximum absolute atomic E-state index is 13.7. The first-order valence-electron chi connectivity index (χ1n) is 6.33. The summed E-state index contributed by atoms with van der Waals surface area (Å²) in [5, 5.41) is 0. The second-order valence-electron chi connectivity index (χ2n) is 5.28. The second-order valence-corrected chi connectivity index (χ2v) is 5.28. The Kier molecular flexibility index (Phi) is 2.68. The van der Waals surface area contributed by atoms with Crippen molar-refractivity contribution in [3.05, 3.63) is 35.6 Å². The largest absolute Gasteiger partial charge is 0.381 e. The number of halogens is 1. The van der Waals surface area contributed by atoms with Crippen molar-refractivity contribution in [2.45, 2.75) is 30.7 Å². The first-order valence-corrected chi connectivity index (χ1v) is 6.33. The van der Waals surface area contributed by atoms with Crippen LogP contribution in [0.25, 0.3) is 0 Å². The van der Waals surface area contributed by atoms with Gasteiger partial charge >= 0.3 is 0 Å². The van der Waals surface area contributed by atoms with Gasteiger partial charge in [0.05, 0.1) is 0 Å². The van der Waals surface area contributed by atoms with E-state index < -0.39 is 0 Å². The molecule has 1 aromatic carbocycles. The van der Waals surface area contributed by atoms with E-state index in [2.05, 4.69) is 0 Å². The molecule has 2 fully saturated rings. The van der Waals surface area contributed by atoms with Gasteiger partial charge in [0.2, 0.25) is 0 Å². The van der Waals surface area contributed by atoms with Crippen LogP contribution in [0.1, 0.15) is 30.7 Å². The lowest BCUT2D eigenvalue weighted by Crippen LogP contribution is -2.38. The monoisotopic (exact) mass is 235 g/mol. The van der Waals surface area contributed by atoms with E-state index in [1.54, 1.807) is 6.07 Å². The third-order valence-electron chi connectivity index (χ3n) is 4.31. The Morgan fingerprint density at radius 1 is 1.24 bits per heavy atom. The fourth-order valence-electron chi connectivity index (χ4n) is 3.14. The Morgan fingerprint density at radius 3 is 2.65 bits per heavy atom. The van der Waals surface area contributed by atoms with Crippen molar-refractivity contribution in [2.24, 2.45) is 11.7 Å². The summed E-state index contributed by atoms with van der Waals surface area (Å²) in [6.45, 7) is 1.60. The van der Waals surface area contributed by atoms with Crippen molar-refractivity contribution in [3.8, 4) is 0 Å². The standard InChI is InChI=1S/C14H18FNO/c15-13-4-2-1-3-11(13)12-9-14(12,16)10-5-7-17-8-6-10/h1-4,10,12H,5-9,16H2. The van der Waals surface area contributed by atoms with Crippen LogP contribution in [0, 0.1) is 11.7 Å². The van der Waals surface area contributed by atoms with E-state index in [9.17, 15) is 4.39 Å². The molecule has 0 aromatic heterocycles. The maximum atomic E-state index is 13.7. The van der Waals surface area contributed by atoms with Crippen LogP contribution in [-0.2, 0) is 4.74 Å². The minimum atomic E-state index is -0.189. The Hall–Kier alpha value is -0.930. The van der Waals surface area contributed by atoms with Gasteiger partial charge in [-0.2, -0.15) is 0 Å². The summed E-state index contributed by atoms with van der Waals surface area (Å²) in [5.41, 5.74) is 7.05. The zero-order valence-electron chi connectivity index (χ0n) is 9.86. The number of nitrogens with two attached hydrogens (primary N) is 1. The van der Waals surface area contributed by atoms with Crippen LogP contribution < -0.4 is 5.73 Å². The van der Waals surface area contributed by atoms with E-state index in [1.807, 2.05) is 12.1 Å². The molecule has 1 aromatic rings. The van der Waals surface area contributed by atoms with E-state index in [1.165, 1.54) is 6.07 Å². The highest BCUT2D eigenvalue weighted by atomic mass is 19.1. The minimum absolute atomic E-state index is 0.114. The van der Waals surface area contributed by atoms with Crippen molar-refractivity contribution in [1.82, 2.24) is 0 Å². The molecule has 3 heteroatoms. The van der Waals surface area contributed by atoms with Crippen molar-refractivity contribution < 1.29 is 9.13 Å². The van der Waals surface area contributed by atoms with E-state index in [-0.39, 0.29) is 17.3 Å². The zero-order chi connectivity index (χ0) is 11.9. The molecule has 17 heavy (non-hydrogen) atoms. The molecule has 2 unspecified atom stereocenters. The predicted octanol–water partition coefficient (Wildman–Crippen LogP) is 2.44. The van der Waals surface area contributed by atoms with Gasteiger partial charge in [-0.05, 0) is 36.8 Å². The fraction of sp³-hybridized carbons (Fsp3) is 0.571. The lowest BCUT2D eigenvalue weighted by atomic mass is 9.87. The number of hydrogen-bond donors (Lipinski definition) is 1. The highest BCUT2D eigenvalue weighted by molar-refractivity contribution is 5.35. The summed E-state index contributed by atoms with van der Waals surface area (Å²) in [6.07, 6.45) is 2.95. The number of rotatable bonds is 2. The number of benzene rings is 1. The summed E-state index contributed by atoms with van der Waals surface area (Å²) in [5.74, 6) is 0.574. The second kappa shape index (κ2) is 4.07. The highest BCUT2D eigenvalue weighted by Gasteiger charge is 2.57. The molecule has 92 valence electrons. The minimum Gasteiger partial charge on any atom is -0.381 e. The van der Waals surface area contributed by atoms with Gasteiger partial charge < -0.3 is 10.5 Å². The van der Waals surface area contributed by atoms with E-state index >= 15 is 0 Å². The first-order chi connectivity index (χ1) is 8.22. The Bertz CT molecular complexity index is 416. The van der Waals surface area contributed by atoms with Crippen LogP contribution in [0.2, 0.25) is 0 Å². The topological polar surface area (TPSA) is 35.2 Å². The molecule has 1 heterocycles. The summed E-state index contributed by atoms with van der Waals surface area (Å²) in [6, 6.07) is 7.01. The van der Waals surface area contributed by atoms with Crippen LogP contribution >= 0.6 is 0 Å². The zero-order valence-corrected chi connectivity index (χ0v) is 9.86. The molecule has 2 nitrogen and oxygen atoms in total. The SMILES string of the molecule is NC1(C2CCOCC2)CC1c1ccccc1F. The predicted molar refractivity (Wildman–Crippen MR) is 64.2 cm³/mol. The summed E-state index contributed by atoms with van der Waals surface area (Å²) < 4.78 is 19.1. The van der Waals surface area contributed by atoms with Gasteiger partial charge in [0.1, 0.15) is 5.82 Å². The highest BCUT2D eigenvalue weighted by Crippen LogP contribution is 2.56. The third-order valence-corrected chi connectivity index (χ3v) is 4.31. The van der Waals surface area contributed by atoms with Gasteiger partial charge in [0.25, 0.3) is 0 Å². The van der Waals surface area contributed by atoms with Crippen molar-refractivity contribution >= 4 is 0 Å². The molecule has 1 aliphatic heterocycles. The van der Waals surface area contributed by atoms with Crippen molar-refractivity contribution in [1.29, 1.82) is 0 Å². The lowest BCUT2D eigenvalue weighted by Gasteiger charge is -2.28. The van der Waals surface area contributed by atoms with Crippen molar-refractivity contribution in [3.63, 3.8) is 0 Å². The molecule has 2 aliphatic rings. The fourth-order valence-corrected chi connectivity index (χ4v) is 3.14. The maximum Gasteiger partial charge on any atom is 0.126 e. The Labute approximate surface area is 101 Å². The molecule has 1 saturated carbocycles. The van der Waals surface area contributed by atoms with Gasteiger partial charge in [-0.15, -0.1) is 0 Å². The molecular weight excluding hydrogens is 217 g/mol. The van der Waals surface area contributed by atoms with E-state index in [0.29, 0.717) is 5.92 Å². The average molecular weight is 235 g/mol. The molecule has 0 bridgehead atoms. The molecule has 0 amide bonds. The van der Waals surface area contributed by atoms with Crippen molar-refractivity contribution in [2.75, 3.05) is 13.2 Å². The van der Waals surface area contributed by atoms with E-state index in [0.717, 1.165) is 38.0 Å². The Balaban J connectivity index is 1.78. The van der Waals surface area contributed by atoms with Gasteiger partial charge in [0, 0.05) is 24.7 Å². The van der Waals surface area contributed by atoms with Crippen LogP contribution in [0.4, 0.5) is 4.39 Å².